The third-order valence-electron chi connectivity index (χ3n) is 4.11. The van der Waals surface area contributed by atoms with Crippen LogP contribution in [0.25, 0.3) is 0 Å². The Labute approximate surface area is 132 Å². The van der Waals surface area contributed by atoms with Crippen LogP contribution in [0.15, 0.2) is 12.2 Å². The zero-order valence-electron chi connectivity index (χ0n) is 14.4. The van der Waals surface area contributed by atoms with Gasteiger partial charge in [-0.05, 0) is 32.1 Å². The average molecular weight is 296 g/mol. The Morgan fingerprint density at radius 1 is 0.810 bits per heavy atom. The molecule has 0 radical (unpaired) electrons. The summed E-state index contributed by atoms with van der Waals surface area (Å²) >= 11 is 0. The van der Waals surface area contributed by atoms with Crippen LogP contribution in [0.5, 0.6) is 0 Å². The monoisotopic (exact) mass is 295 g/mol. The zero-order valence-corrected chi connectivity index (χ0v) is 14.4. The second kappa shape index (κ2) is 15.6. The lowest BCUT2D eigenvalue weighted by molar-refractivity contribution is -0.122. The number of amides is 1. The van der Waals surface area contributed by atoms with Gasteiger partial charge in [-0.3, -0.25) is 4.79 Å². The van der Waals surface area contributed by atoms with Gasteiger partial charge in [0, 0.05) is 5.92 Å². The molecule has 124 valence electrons. The first-order valence-corrected chi connectivity index (χ1v) is 9.16. The SMILES string of the molecule is CCCCCCCCCCC=CCCC(CCC)C(N)=O. The van der Waals surface area contributed by atoms with Crippen molar-refractivity contribution in [3.63, 3.8) is 0 Å². The summed E-state index contributed by atoms with van der Waals surface area (Å²) in [5.74, 6) is -0.0592. The molecule has 1 atom stereocenters. The van der Waals surface area contributed by atoms with Crippen LogP contribution in [0.4, 0.5) is 0 Å². The third kappa shape index (κ3) is 13.9. The molecule has 2 nitrogen and oxygen atoms in total. The molecule has 2 heteroatoms. The van der Waals surface area contributed by atoms with E-state index in [1.165, 1.54) is 57.8 Å². The molecule has 0 aliphatic heterocycles. The molecule has 0 aromatic heterocycles. The lowest BCUT2D eigenvalue weighted by atomic mass is 9.97. The van der Waals surface area contributed by atoms with Crippen LogP contribution in [-0.4, -0.2) is 5.91 Å². The van der Waals surface area contributed by atoms with Gasteiger partial charge >= 0.3 is 0 Å². The third-order valence-corrected chi connectivity index (χ3v) is 4.11. The summed E-state index contributed by atoms with van der Waals surface area (Å²) < 4.78 is 0. The fourth-order valence-electron chi connectivity index (χ4n) is 2.71. The van der Waals surface area contributed by atoms with Gasteiger partial charge in [-0.1, -0.05) is 77.4 Å². The van der Waals surface area contributed by atoms with Gasteiger partial charge in [0.1, 0.15) is 0 Å². The molecule has 0 bridgehead atoms. The van der Waals surface area contributed by atoms with Gasteiger partial charge in [0.05, 0.1) is 0 Å². The van der Waals surface area contributed by atoms with Gasteiger partial charge in [0.2, 0.25) is 5.91 Å². The predicted molar refractivity (Wildman–Crippen MR) is 93.2 cm³/mol. The number of primary amides is 1. The van der Waals surface area contributed by atoms with Crippen LogP contribution in [-0.2, 0) is 4.79 Å². The molecule has 0 saturated carbocycles. The van der Waals surface area contributed by atoms with Crippen LogP contribution in [0.2, 0.25) is 0 Å². The first kappa shape index (κ1) is 20.2. The van der Waals surface area contributed by atoms with Crippen molar-refractivity contribution in [1.82, 2.24) is 0 Å². The lowest BCUT2D eigenvalue weighted by Crippen LogP contribution is -2.22. The minimum atomic E-state index is -0.131. The lowest BCUT2D eigenvalue weighted by Gasteiger charge is -2.09. The van der Waals surface area contributed by atoms with Gasteiger partial charge < -0.3 is 5.73 Å². The van der Waals surface area contributed by atoms with E-state index in [0.29, 0.717) is 0 Å². The Bertz CT molecular complexity index is 260. The van der Waals surface area contributed by atoms with E-state index < -0.39 is 0 Å². The van der Waals surface area contributed by atoms with Crippen molar-refractivity contribution >= 4 is 5.91 Å². The highest BCUT2D eigenvalue weighted by molar-refractivity contribution is 5.76. The van der Waals surface area contributed by atoms with E-state index in [2.05, 4.69) is 26.0 Å². The number of hydrogen-bond donors (Lipinski definition) is 1. The maximum atomic E-state index is 11.2. The highest BCUT2D eigenvalue weighted by Gasteiger charge is 2.12. The molecule has 21 heavy (non-hydrogen) atoms. The molecule has 0 aliphatic rings. The van der Waals surface area contributed by atoms with Crippen molar-refractivity contribution in [1.29, 1.82) is 0 Å². The summed E-state index contributed by atoms with van der Waals surface area (Å²) in [6.07, 6.45) is 20.6. The van der Waals surface area contributed by atoms with Crippen molar-refractivity contribution in [3.8, 4) is 0 Å². The summed E-state index contributed by atoms with van der Waals surface area (Å²) in [6, 6.07) is 0. The molecule has 0 spiro atoms. The van der Waals surface area contributed by atoms with Crippen LogP contribution in [0.1, 0.15) is 97.3 Å². The first-order valence-electron chi connectivity index (χ1n) is 9.16. The van der Waals surface area contributed by atoms with E-state index >= 15 is 0 Å². The largest absolute Gasteiger partial charge is 0.369 e. The highest BCUT2D eigenvalue weighted by Crippen LogP contribution is 2.14. The summed E-state index contributed by atoms with van der Waals surface area (Å²) in [5.41, 5.74) is 5.40. The predicted octanol–water partition coefficient (Wildman–Crippen LogP) is 5.76. The Kier molecular flexibility index (Phi) is 15.0. The van der Waals surface area contributed by atoms with Crippen molar-refractivity contribution in [2.24, 2.45) is 11.7 Å². The van der Waals surface area contributed by atoms with Crippen molar-refractivity contribution < 1.29 is 4.79 Å². The Balaban J connectivity index is 3.38. The van der Waals surface area contributed by atoms with Crippen LogP contribution in [0.3, 0.4) is 0 Å². The average Bonchev–Trinajstić information content (AvgIpc) is 2.47. The van der Waals surface area contributed by atoms with E-state index in [0.717, 1.165) is 25.7 Å². The van der Waals surface area contributed by atoms with Gasteiger partial charge in [-0.2, -0.15) is 0 Å². The number of carbonyl (C=O) groups excluding carboxylic acids is 1. The molecular weight excluding hydrogens is 258 g/mol. The van der Waals surface area contributed by atoms with Crippen LogP contribution < -0.4 is 5.73 Å². The quantitative estimate of drug-likeness (QED) is 0.303. The van der Waals surface area contributed by atoms with E-state index in [1.54, 1.807) is 0 Å². The minimum absolute atomic E-state index is 0.0720. The van der Waals surface area contributed by atoms with Crippen LogP contribution in [0, 0.1) is 5.92 Å². The van der Waals surface area contributed by atoms with E-state index in [9.17, 15) is 4.79 Å². The fourth-order valence-corrected chi connectivity index (χ4v) is 2.71. The van der Waals surface area contributed by atoms with Crippen molar-refractivity contribution in [3.05, 3.63) is 12.2 Å². The summed E-state index contributed by atoms with van der Waals surface area (Å²) in [7, 11) is 0. The topological polar surface area (TPSA) is 43.1 Å². The van der Waals surface area contributed by atoms with Crippen LogP contribution >= 0.6 is 0 Å². The molecule has 0 heterocycles. The molecule has 1 unspecified atom stereocenters. The normalized spacial score (nSPS) is 12.9. The first-order chi connectivity index (χ1) is 10.2. The minimum Gasteiger partial charge on any atom is -0.369 e. The summed E-state index contributed by atoms with van der Waals surface area (Å²) in [4.78, 5) is 11.2. The molecule has 0 aromatic rings. The maximum absolute atomic E-state index is 11.2. The Morgan fingerprint density at radius 2 is 1.38 bits per heavy atom. The number of unbranched alkanes of at least 4 members (excludes halogenated alkanes) is 8. The van der Waals surface area contributed by atoms with Crippen molar-refractivity contribution in [2.75, 3.05) is 0 Å². The molecule has 0 rings (SSSR count). The number of hydrogen-bond acceptors (Lipinski definition) is 1. The maximum Gasteiger partial charge on any atom is 0.220 e. The number of nitrogens with two attached hydrogens (primary N) is 1. The molecule has 0 fully saturated rings. The van der Waals surface area contributed by atoms with E-state index in [4.69, 9.17) is 5.73 Å². The fraction of sp³-hybridized carbons (Fsp3) is 0.842. The van der Waals surface area contributed by atoms with Gasteiger partial charge in [0.25, 0.3) is 0 Å². The molecule has 0 saturated heterocycles. The Hall–Kier alpha value is -0.790. The van der Waals surface area contributed by atoms with Gasteiger partial charge in [-0.25, -0.2) is 0 Å². The van der Waals surface area contributed by atoms with Gasteiger partial charge in [0.15, 0.2) is 0 Å². The van der Waals surface area contributed by atoms with Crippen molar-refractivity contribution in [2.45, 2.75) is 97.3 Å². The molecule has 0 aliphatic carbocycles. The molecule has 0 aromatic carbocycles. The smallest absolute Gasteiger partial charge is 0.220 e. The number of allylic oxidation sites excluding steroid dienone is 2. The summed E-state index contributed by atoms with van der Waals surface area (Å²) in [6.45, 7) is 4.37. The van der Waals surface area contributed by atoms with E-state index in [1.807, 2.05) is 0 Å². The zero-order chi connectivity index (χ0) is 15.8. The number of carbonyl (C=O) groups is 1. The van der Waals surface area contributed by atoms with E-state index in [-0.39, 0.29) is 11.8 Å². The standard InChI is InChI=1S/C19H37NO/c1-3-5-6-7-8-9-10-11-12-13-14-15-17-18(16-4-2)19(20)21/h13-14,18H,3-12,15-17H2,1-2H3,(H2,20,21). The highest BCUT2D eigenvalue weighted by atomic mass is 16.1. The molecule has 1 amide bonds. The van der Waals surface area contributed by atoms with Gasteiger partial charge in [-0.15, -0.1) is 0 Å². The number of rotatable bonds is 15. The second-order valence-electron chi connectivity index (χ2n) is 6.20. The Morgan fingerprint density at radius 3 is 1.95 bits per heavy atom. The molecule has 2 N–H and O–H groups in total. The second-order valence-corrected chi connectivity index (χ2v) is 6.20. The summed E-state index contributed by atoms with van der Waals surface area (Å²) in [5, 5.41) is 0. The molecular formula is C19H37NO.